The Hall–Kier alpha value is -2.23. The molecule has 2 aliphatic rings. The average Bonchev–Trinajstić information content (AvgIpc) is 3.04. The van der Waals surface area contributed by atoms with Crippen molar-refractivity contribution in [2.75, 3.05) is 72.3 Å². The standard InChI is InChI=1S/C36H45IN2O3/c1-2-35(32-7-5-8-33(37)28-32)36(31-13-15-34(16-14-31)42-27-22-39-20-25-41-26-21-39)30-11-9-29(10-12-30)6-3-4-17-38-18-23-40-24-19-38/h5,7-16,28H,2-4,6,17-27H2,1H3/b36-35-. The van der Waals surface area contributed by atoms with Crippen LogP contribution in [-0.4, -0.2) is 82.1 Å². The predicted molar refractivity (Wildman–Crippen MR) is 181 cm³/mol. The first kappa shape index (κ1) is 31.2. The van der Waals surface area contributed by atoms with Gasteiger partial charge in [-0.2, -0.15) is 0 Å². The molecule has 2 aliphatic heterocycles. The Bertz CT molecular complexity index is 1260. The van der Waals surface area contributed by atoms with Gasteiger partial charge in [-0.25, -0.2) is 0 Å². The first-order valence-corrected chi connectivity index (χ1v) is 16.7. The Balaban J connectivity index is 1.30. The zero-order chi connectivity index (χ0) is 29.0. The maximum atomic E-state index is 6.13. The highest BCUT2D eigenvalue weighted by Gasteiger charge is 2.15. The van der Waals surface area contributed by atoms with Crippen molar-refractivity contribution >= 4 is 33.7 Å². The molecule has 0 aliphatic carbocycles. The van der Waals surface area contributed by atoms with Crippen molar-refractivity contribution in [3.8, 4) is 5.75 Å². The topological polar surface area (TPSA) is 34.2 Å². The summed E-state index contributed by atoms with van der Waals surface area (Å²) in [5.41, 5.74) is 7.87. The van der Waals surface area contributed by atoms with E-state index in [0.29, 0.717) is 6.61 Å². The van der Waals surface area contributed by atoms with E-state index in [1.54, 1.807) is 0 Å². The van der Waals surface area contributed by atoms with Gasteiger partial charge in [0, 0.05) is 36.3 Å². The molecular weight excluding hydrogens is 635 g/mol. The lowest BCUT2D eigenvalue weighted by molar-refractivity contribution is 0.0322. The lowest BCUT2D eigenvalue weighted by Gasteiger charge is -2.26. The van der Waals surface area contributed by atoms with Gasteiger partial charge in [-0.15, -0.1) is 0 Å². The van der Waals surface area contributed by atoms with E-state index in [1.807, 2.05) is 0 Å². The highest BCUT2D eigenvalue weighted by atomic mass is 127. The van der Waals surface area contributed by atoms with E-state index in [2.05, 4.69) is 112 Å². The van der Waals surface area contributed by atoms with Crippen molar-refractivity contribution in [3.63, 3.8) is 0 Å². The molecular formula is C36H45IN2O3. The quantitative estimate of drug-likeness (QED) is 0.110. The van der Waals surface area contributed by atoms with E-state index in [9.17, 15) is 0 Å². The first-order valence-electron chi connectivity index (χ1n) is 15.6. The highest BCUT2D eigenvalue weighted by molar-refractivity contribution is 14.1. The second-order valence-electron chi connectivity index (χ2n) is 11.2. The first-order chi connectivity index (χ1) is 20.7. The second-order valence-corrected chi connectivity index (χ2v) is 12.4. The van der Waals surface area contributed by atoms with Gasteiger partial charge in [0.05, 0.1) is 26.4 Å². The fraction of sp³-hybridized carbons (Fsp3) is 0.444. The molecule has 0 amide bonds. The van der Waals surface area contributed by atoms with Crippen LogP contribution in [0.4, 0.5) is 0 Å². The van der Waals surface area contributed by atoms with E-state index in [0.717, 1.165) is 77.7 Å². The smallest absolute Gasteiger partial charge is 0.119 e. The Morgan fingerprint density at radius 3 is 1.98 bits per heavy atom. The van der Waals surface area contributed by atoms with Crippen LogP contribution < -0.4 is 4.74 Å². The molecule has 2 fully saturated rings. The molecule has 5 rings (SSSR count). The molecule has 0 atom stereocenters. The summed E-state index contributed by atoms with van der Waals surface area (Å²) in [5, 5.41) is 0. The van der Waals surface area contributed by atoms with Crippen molar-refractivity contribution in [2.24, 2.45) is 0 Å². The molecule has 5 nitrogen and oxygen atoms in total. The number of halogens is 1. The van der Waals surface area contributed by atoms with Crippen molar-refractivity contribution in [1.29, 1.82) is 0 Å². The summed E-state index contributed by atoms with van der Waals surface area (Å²) in [5.74, 6) is 0.922. The van der Waals surface area contributed by atoms with Crippen LogP contribution in [0.15, 0.2) is 72.8 Å². The Morgan fingerprint density at radius 2 is 1.36 bits per heavy atom. The van der Waals surface area contributed by atoms with Crippen molar-refractivity contribution < 1.29 is 14.2 Å². The van der Waals surface area contributed by atoms with Crippen LogP contribution in [0, 0.1) is 3.57 Å². The number of hydrogen-bond acceptors (Lipinski definition) is 5. The average molecular weight is 681 g/mol. The Morgan fingerprint density at radius 1 is 0.738 bits per heavy atom. The molecule has 0 aromatic heterocycles. The van der Waals surface area contributed by atoms with Crippen LogP contribution in [0.25, 0.3) is 11.1 Å². The molecule has 0 radical (unpaired) electrons. The zero-order valence-electron chi connectivity index (χ0n) is 25.0. The van der Waals surface area contributed by atoms with Crippen molar-refractivity contribution in [3.05, 3.63) is 98.6 Å². The lowest BCUT2D eigenvalue weighted by Crippen LogP contribution is -2.38. The minimum Gasteiger partial charge on any atom is -0.492 e. The van der Waals surface area contributed by atoms with E-state index in [1.165, 1.54) is 56.4 Å². The van der Waals surface area contributed by atoms with Crippen LogP contribution in [-0.2, 0) is 15.9 Å². The molecule has 0 saturated carbocycles. The van der Waals surface area contributed by atoms with Crippen LogP contribution in [0.2, 0.25) is 0 Å². The van der Waals surface area contributed by atoms with Gasteiger partial charge < -0.3 is 14.2 Å². The summed E-state index contributed by atoms with van der Waals surface area (Å²) < 4.78 is 18.3. The number of rotatable bonds is 13. The van der Waals surface area contributed by atoms with E-state index >= 15 is 0 Å². The molecule has 224 valence electrons. The zero-order valence-corrected chi connectivity index (χ0v) is 27.2. The molecule has 0 N–H and O–H groups in total. The van der Waals surface area contributed by atoms with Gasteiger partial charge in [0.15, 0.2) is 0 Å². The van der Waals surface area contributed by atoms with E-state index in [-0.39, 0.29) is 0 Å². The van der Waals surface area contributed by atoms with Gasteiger partial charge in [-0.1, -0.05) is 55.5 Å². The number of morpholine rings is 2. The number of aryl methyl sites for hydroxylation is 1. The number of allylic oxidation sites excluding steroid dienone is 1. The summed E-state index contributed by atoms with van der Waals surface area (Å²) in [6.45, 7) is 12.6. The summed E-state index contributed by atoms with van der Waals surface area (Å²) in [6, 6.07) is 26.9. The molecule has 3 aromatic rings. The SMILES string of the molecule is CC/C(=C(\c1ccc(CCCCN2CCOCC2)cc1)c1ccc(OCCN2CCOCC2)cc1)c1cccc(I)c1. The molecule has 2 saturated heterocycles. The number of nitrogens with zero attached hydrogens (tertiary/aromatic N) is 2. The third kappa shape index (κ3) is 9.13. The van der Waals surface area contributed by atoms with Gasteiger partial charge in [0.25, 0.3) is 0 Å². The summed E-state index contributed by atoms with van der Waals surface area (Å²) in [4.78, 5) is 4.93. The summed E-state index contributed by atoms with van der Waals surface area (Å²) >= 11 is 2.42. The number of unbranched alkanes of at least 4 members (excludes halogenated alkanes) is 1. The van der Waals surface area contributed by atoms with Crippen LogP contribution in [0.3, 0.4) is 0 Å². The van der Waals surface area contributed by atoms with E-state index < -0.39 is 0 Å². The molecule has 6 heteroatoms. The Labute approximate surface area is 266 Å². The van der Waals surface area contributed by atoms with Crippen molar-refractivity contribution in [1.82, 2.24) is 9.80 Å². The monoisotopic (exact) mass is 680 g/mol. The normalized spacial score (nSPS) is 17.2. The van der Waals surface area contributed by atoms with Crippen LogP contribution in [0.1, 0.15) is 48.4 Å². The highest BCUT2D eigenvalue weighted by Crippen LogP contribution is 2.35. The maximum Gasteiger partial charge on any atom is 0.119 e. The van der Waals surface area contributed by atoms with Crippen molar-refractivity contribution in [2.45, 2.75) is 32.6 Å². The third-order valence-corrected chi connectivity index (χ3v) is 8.96. The molecule has 42 heavy (non-hydrogen) atoms. The molecule has 3 aromatic carbocycles. The van der Waals surface area contributed by atoms with Gasteiger partial charge in [0.2, 0.25) is 0 Å². The van der Waals surface area contributed by atoms with Gasteiger partial charge >= 0.3 is 0 Å². The number of hydrogen-bond donors (Lipinski definition) is 0. The molecule has 0 spiro atoms. The molecule has 0 bridgehead atoms. The van der Waals surface area contributed by atoms with Gasteiger partial charge in [-0.05, 0) is 112 Å². The van der Waals surface area contributed by atoms with Crippen LogP contribution in [0.5, 0.6) is 5.75 Å². The third-order valence-electron chi connectivity index (χ3n) is 8.29. The minimum absolute atomic E-state index is 0.693. The predicted octanol–water partition coefficient (Wildman–Crippen LogP) is 7.03. The summed E-state index contributed by atoms with van der Waals surface area (Å²) in [6.07, 6.45) is 4.53. The minimum atomic E-state index is 0.693. The van der Waals surface area contributed by atoms with Gasteiger partial charge in [-0.3, -0.25) is 9.80 Å². The number of benzene rings is 3. The maximum absolute atomic E-state index is 6.13. The molecule has 2 heterocycles. The summed E-state index contributed by atoms with van der Waals surface area (Å²) in [7, 11) is 0. The van der Waals surface area contributed by atoms with Gasteiger partial charge in [0.1, 0.15) is 12.4 Å². The van der Waals surface area contributed by atoms with Crippen LogP contribution >= 0.6 is 22.6 Å². The Kier molecular flexibility index (Phi) is 12.3. The fourth-order valence-corrected chi connectivity index (χ4v) is 6.42. The molecule has 0 unspecified atom stereocenters. The second kappa shape index (κ2) is 16.6. The van der Waals surface area contributed by atoms with E-state index in [4.69, 9.17) is 14.2 Å². The fourth-order valence-electron chi connectivity index (χ4n) is 5.88. The largest absolute Gasteiger partial charge is 0.492 e. The number of ether oxygens (including phenoxy) is 3. The lowest BCUT2D eigenvalue weighted by atomic mass is 9.87.